The number of aromatic nitrogens is 1. The van der Waals surface area contributed by atoms with Crippen LogP contribution in [0.4, 0.5) is 0 Å². The van der Waals surface area contributed by atoms with Crippen LogP contribution < -0.4 is 5.73 Å². The number of carbonyl (C=O) groups is 3. The normalized spacial score (nSPS) is 14.3. The van der Waals surface area contributed by atoms with Gasteiger partial charge in [-0.2, -0.15) is 0 Å². The van der Waals surface area contributed by atoms with Crippen LogP contribution in [0.1, 0.15) is 28.8 Å². The summed E-state index contributed by atoms with van der Waals surface area (Å²) in [5.74, 6) is -2.21. The second-order valence-corrected chi connectivity index (χ2v) is 4.84. The maximum atomic E-state index is 12.2. The number of pyridine rings is 1. The standard InChI is InChI=1S/C12H12ClN3O4.ClH/c13-9-3-6-5-16(11(18)7(6)4-15-9)8(12(19)20)1-2-10(14)17;/h3-4,8H,1-2,5H2,(H2,14,17)(H,19,20);1H. The lowest BCUT2D eigenvalue weighted by Gasteiger charge is -2.23. The fourth-order valence-corrected chi connectivity index (χ4v) is 2.33. The Balaban J connectivity index is 0.00000220. The first kappa shape index (κ1) is 17.2. The average Bonchev–Trinajstić information content (AvgIpc) is 2.66. The summed E-state index contributed by atoms with van der Waals surface area (Å²) in [7, 11) is 0. The smallest absolute Gasteiger partial charge is 0.326 e. The van der Waals surface area contributed by atoms with Crippen LogP contribution in [-0.2, 0) is 16.1 Å². The highest BCUT2D eigenvalue weighted by Gasteiger charge is 2.36. The third-order valence-corrected chi connectivity index (χ3v) is 3.32. The van der Waals surface area contributed by atoms with E-state index in [1.807, 2.05) is 0 Å². The molecule has 2 heterocycles. The molecule has 1 aliphatic heterocycles. The van der Waals surface area contributed by atoms with Crippen molar-refractivity contribution in [2.75, 3.05) is 0 Å². The Labute approximate surface area is 131 Å². The van der Waals surface area contributed by atoms with Crippen molar-refractivity contribution in [3.63, 3.8) is 0 Å². The quantitative estimate of drug-likeness (QED) is 0.774. The predicted octanol–water partition coefficient (Wildman–Crippen LogP) is 0.831. The van der Waals surface area contributed by atoms with Crippen LogP contribution in [0.15, 0.2) is 12.3 Å². The maximum Gasteiger partial charge on any atom is 0.326 e. The Kier molecular flexibility index (Phi) is 5.51. The van der Waals surface area contributed by atoms with Gasteiger partial charge >= 0.3 is 5.97 Å². The van der Waals surface area contributed by atoms with Crippen LogP contribution in [0.2, 0.25) is 5.15 Å². The SMILES string of the molecule is Cl.NC(=O)CCC(C(=O)O)N1Cc2cc(Cl)ncc2C1=O. The van der Waals surface area contributed by atoms with Crippen molar-refractivity contribution in [2.45, 2.75) is 25.4 Å². The monoisotopic (exact) mass is 333 g/mol. The van der Waals surface area contributed by atoms with E-state index in [1.54, 1.807) is 0 Å². The van der Waals surface area contributed by atoms with Gasteiger partial charge in [0.15, 0.2) is 0 Å². The lowest BCUT2D eigenvalue weighted by atomic mass is 10.1. The molecule has 0 fully saturated rings. The molecule has 0 aliphatic carbocycles. The number of rotatable bonds is 5. The summed E-state index contributed by atoms with van der Waals surface area (Å²) in [5.41, 5.74) is 5.97. The Morgan fingerprint density at radius 2 is 2.19 bits per heavy atom. The first-order valence-electron chi connectivity index (χ1n) is 5.86. The molecule has 1 aliphatic rings. The molecule has 114 valence electrons. The van der Waals surface area contributed by atoms with Gasteiger partial charge in [0, 0.05) is 19.2 Å². The molecule has 9 heteroatoms. The predicted molar refractivity (Wildman–Crippen MR) is 76.2 cm³/mol. The summed E-state index contributed by atoms with van der Waals surface area (Å²) in [6, 6.07) is 0.433. The lowest BCUT2D eigenvalue weighted by Crippen LogP contribution is -2.42. The number of hydrogen-bond acceptors (Lipinski definition) is 4. The third kappa shape index (κ3) is 3.62. The number of hydrogen-bond donors (Lipinski definition) is 2. The Hall–Kier alpha value is -1.86. The molecule has 0 saturated carbocycles. The molecule has 0 radical (unpaired) electrons. The van der Waals surface area contributed by atoms with Gasteiger partial charge in [0.1, 0.15) is 11.2 Å². The Morgan fingerprint density at radius 1 is 1.52 bits per heavy atom. The van der Waals surface area contributed by atoms with Gasteiger partial charge in [0.05, 0.1) is 5.56 Å². The van der Waals surface area contributed by atoms with Gasteiger partial charge in [0.25, 0.3) is 5.91 Å². The minimum Gasteiger partial charge on any atom is -0.480 e. The van der Waals surface area contributed by atoms with Gasteiger partial charge in [-0.1, -0.05) is 11.6 Å². The minimum absolute atomic E-state index is 0. The number of primary amides is 1. The van der Waals surface area contributed by atoms with E-state index < -0.39 is 23.8 Å². The lowest BCUT2D eigenvalue weighted by molar-refractivity contribution is -0.142. The van der Waals surface area contributed by atoms with Crippen molar-refractivity contribution in [3.05, 3.63) is 28.5 Å². The molecule has 0 spiro atoms. The van der Waals surface area contributed by atoms with Crippen molar-refractivity contribution < 1.29 is 19.5 Å². The van der Waals surface area contributed by atoms with E-state index in [0.29, 0.717) is 11.1 Å². The highest BCUT2D eigenvalue weighted by molar-refractivity contribution is 6.29. The maximum absolute atomic E-state index is 12.2. The van der Waals surface area contributed by atoms with Crippen LogP contribution in [-0.4, -0.2) is 38.8 Å². The highest BCUT2D eigenvalue weighted by atomic mass is 35.5. The summed E-state index contributed by atoms with van der Waals surface area (Å²) in [4.78, 5) is 39.2. The van der Waals surface area contributed by atoms with Crippen LogP contribution in [0.25, 0.3) is 0 Å². The first-order chi connectivity index (χ1) is 9.40. The Bertz CT molecular complexity index is 594. The summed E-state index contributed by atoms with van der Waals surface area (Å²) < 4.78 is 0. The van der Waals surface area contributed by atoms with Gasteiger partial charge in [-0.25, -0.2) is 9.78 Å². The van der Waals surface area contributed by atoms with Gasteiger partial charge in [-0.15, -0.1) is 12.4 Å². The minimum atomic E-state index is -1.17. The largest absolute Gasteiger partial charge is 0.480 e. The van der Waals surface area contributed by atoms with Gasteiger partial charge < -0.3 is 15.7 Å². The second kappa shape index (κ2) is 6.73. The third-order valence-electron chi connectivity index (χ3n) is 3.11. The van der Waals surface area contributed by atoms with Gasteiger partial charge in [-0.05, 0) is 18.1 Å². The van der Waals surface area contributed by atoms with E-state index in [9.17, 15) is 19.5 Å². The number of nitrogens with two attached hydrogens (primary N) is 1. The molecule has 7 nitrogen and oxygen atoms in total. The van der Waals surface area contributed by atoms with Crippen LogP contribution in [0.5, 0.6) is 0 Å². The van der Waals surface area contributed by atoms with E-state index >= 15 is 0 Å². The molecule has 21 heavy (non-hydrogen) atoms. The molecular formula is C12H13Cl2N3O4. The number of amides is 2. The summed E-state index contributed by atoms with van der Waals surface area (Å²) in [5, 5.41) is 9.45. The first-order valence-corrected chi connectivity index (χ1v) is 6.24. The number of carboxylic acid groups (broad SMARTS) is 1. The van der Waals surface area contributed by atoms with Crippen LogP contribution >= 0.6 is 24.0 Å². The molecule has 2 amide bonds. The van der Waals surface area contributed by atoms with Crippen molar-refractivity contribution in [2.24, 2.45) is 5.73 Å². The molecule has 2 rings (SSSR count). The van der Waals surface area contributed by atoms with Gasteiger partial charge in [-0.3, -0.25) is 9.59 Å². The molecule has 1 aromatic heterocycles. The molecule has 0 saturated heterocycles. The average molecular weight is 334 g/mol. The number of halogens is 2. The van der Waals surface area contributed by atoms with E-state index in [0.717, 1.165) is 0 Å². The Morgan fingerprint density at radius 3 is 2.76 bits per heavy atom. The van der Waals surface area contributed by atoms with E-state index in [-0.39, 0.29) is 36.9 Å². The second-order valence-electron chi connectivity index (χ2n) is 4.46. The van der Waals surface area contributed by atoms with Crippen molar-refractivity contribution >= 4 is 41.8 Å². The molecule has 1 atom stereocenters. The summed E-state index contributed by atoms with van der Waals surface area (Å²) in [6.07, 6.45) is 1.20. The van der Waals surface area contributed by atoms with Crippen LogP contribution in [0.3, 0.4) is 0 Å². The fraction of sp³-hybridized carbons (Fsp3) is 0.333. The zero-order valence-corrected chi connectivity index (χ0v) is 12.4. The summed E-state index contributed by atoms with van der Waals surface area (Å²) in [6.45, 7) is 0.131. The van der Waals surface area contributed by atoms with Crippen molar-refractivity contribution in [3.8, 4) is 0 Å². The number of carboxylic acids is 1. The molecule has 3 N–H and O–H groups in total. The topological polar surface area (TPSA) is 114 Å². The molecule has 1 unspecified atom stereocenters. The van der Waals surface area contributed by atoms with Gasteiger partial charge in [0.2, 0.25) is 5.91 Å². The van der Waals surface area contributed by atoms with Crippen LogP contribution in [0, 0.1) is 0 Å². The summed E-state index contributed by atoms with van der Waals surface area (Å²) >= 11 is 5.75. The number of aliphatic carboxylic acids is 1. The van der Waals surface area contributed by atoms with Crippen molar-refractivity contribution in [1.29, 1.82) is 0 Å². The highest BCUT2D eigenvalue weighted by Crippen LogP contribution is 2.27. The number of nitrogens with zero attached hydrogens (tertiary/aromatic N) is 2. The molecule has 0 aromatic carbocycles. The zero-order valence-electron chi connectivity index (χ0n) is 10.8. The molecular weight excluding hydrogens is 321 g/mol. The fourth-order valence-electron chi connectivity index (χ4n) is 2.14. The molecule has 0 bridgehead atoms. The van der Waals surface area contributed by atoms with E-state index in [1.165, 1.54) is 17.2 Å². The van der Waals surface area contributed by atoms with E-state index in [2.05, 4.69) is 4.98 Å². The molecule has 1 aromatic rings. The van der Waals surface area contributed by atoms with E-state index in [4.69, 9.17) is 17.3 Å². The number of fused-ring (bicyclic) bond motifs is 1. The zero-order chi connectivity index (χ0) is 14.9. The number of carbonyl (C=O) groups excluding carboxylic acids is 2. The van der Waals surface area contributed by atoms with Crippen molar-refractivity contribution in [1.82, 2.24) is 9.88 Å².